The Balaban J connectivity index is 1.47. The minimum atomic E-state index is 0.363. The molecule has 0 aromatic carbocycles. The van der Waals surface area contributed by atoms with Crippen LogP contribution in [0.5, 0.6) is 0 Å². The second-order valence-corrected chi connectivity index (χ2v) is 7.47. The Morgan fingerprint density at radius 1 is 1.20 bits per heavy atom. The minimum absolute atomic E-state index is 0.363. The van der Waals surface area contributed by atoms with Crippen molar-refractivity contribution < 1.29 is 4.79 Å². The van der Waals surface area contributed by atoms with Gasteiger partial charge in [-0.2, -0.15) is 4.98 Å². The molecular weight excluding hydrogens is 314 g/mol. The molecule has 3 heterocycles. The van der Waals surface area contributed by atoms with Gasteiger partial charge in [-0.15, -0.1) is 0 Å². The van der Waals surface area contributed by atoms with E-state index in [4.69, 9.17) is 0 Å². The number of hydrogen-bond donors (Lipinski definition) is 1. The van der Waals surface area contributed by atoms with E-state index in [1.165, 1.54) is 0 Å². The zero-order valence-electron chi connectivity index (χ0n) is 15.6. The van der Waals surface area contributed by atoms with E-state index >= 15 is 0 Å². The SMILES string of the molecule is CCNc1nccc(N2CCC(CC(=O)N3CCC(C)CC3)CC2)n1. The van der Waals surface area contributed by atoms with Crippen LogP contribution in [0.15, 0.2) is 12.3 Å². The molecule has 6 heteroatoms. The van der Waals surface area contributed by atoms with Crippen molar-refractivity contribution in [1.82, 2.24) is 14.9 Å². The molecule has 1 amide bonds. The second kappa shape index (κ2) is 8.50. The Bertz CT molecular complexity index is 563. The molecule has 2 aliphatic rings. The van der Waals surface area contributed by atoms with Crippen molar-refractivity contribution in [2.45, 2.75) is 46.0 Å². The molecule has 6 nitrogen and oxygen atoms in total. The summed E-state index contributed by atoms with van der Waals surface area (Å²) < 4.78 is 0. The average molecular weight is 345 g/mol. The summed E-state index contributed by atoms with van der Waals surface area (Å²) >= 11 is 0. The van der Waals surface area contributed by atoms with Crippen molar-refractivity contribution in [1.29, 1.82) is 0 Å². The number of nitrogens with one attached hydrogen (secondary N) is 1. The van der Waals surface area contributed by atoms with Crippen LogP contribution in [-0.4, -0.2) is 53.5 Å². The van der Waals surface area contributed by atoms with Crippen LogP contribution in [-0.2, 0) is 4.79 Å². The highest BCUT2D eigenvalue weighted by Gasteiger charge is 2.26. The summed E-state index contributed by atoms with van der Waals surface area (Å²) in [4.78, 5) is 25.7. The molecule has 1 aromatic rings. The van der Waals surface area contributed by atoms with Gasteiger partial charge in [0.15, 0.2) is 0 Å². The van der Waals surface area contributed by atoms with Crippen molar-refractivity contribution in [2.24, 2.45) is 11.8 Å². The highest BCUT2D eigenvalue weighted by atomic mass is 16.2. The molecule has 2 aliphatic heterocycles. The number of rotatable bonds is 5. The molecule has 0 spiro atoms. The molecule has 138 valence electrons. The molecule has 0 aliphatic carbocycles. The lowest BCUT2D eigenvalue weighted by atomic mass is 9.92. The van der Waals surface area contributed by atoms with E-state index in [1.807, 2.05) is 19.2 Å². The van der Waals surface area contributed by atoms with Crippen LogP contribution in [0.4, 0.5) is 11.8 Å². The largest absolute Gasteiger partial charge is 0.356 e. The van der Waals surface area contributed by atoms with Gasteiger partial charge in [0.05, 0.1) is 0 Å². The van der Waals surface area contributed by atoms with Gasteiger partial charge in [0.1, 0.15) is 5.82 Å². The lowest BCUT2D eigenvalue weighted by molar-refractivity contribution is -0.133. The Kier molecular flexibility index (Phi) is 6.10. The monoisotopic (exact) mass is 345 g/mol. The first-order valence-electron chi connectivity index (χ1n) is 9.75. The number of aromatic nitrogens is 2. The molecule has 0 unspecified atom stereocenters. The van der Waals surface area contributed by atoms with Crippen LogP contribution < -0.4 is 10.2 Å². The lowest BCUT2D eigenvalue weighted by Crippen LogP contribution is -2.40. The maximum atomic E-state index is 12.5. The third kappa shape index (κ3) is 4.83. The van der Waals surface area contributed by atoms with Gasteiger partial charge >= 0.3 is 0 Å². The van der Waals surface area contributed by atoms with Crippen molar-refractivity contribution in [3.63, 3.8) is 0 Å². The van der Waals surface area contributed by atoms with Crippen molar-refractivity contribution in [3.8, 4) is 0 Å². The standard InChI is InChI=1S/C19H31N5O/c1-3-20-19-21-9-4-17(22-19)23-12-7-16(8-13-23)14-18(25)24-10-5-15(2)6-11-24/h4,9,15-16H,3,5-8,10-14H2,1-2H3,(H,20,21,22). The van der Waals surface area contributed by atoms with Gasteiger partial charge in [-0.25, -0.2) is 4.98 Å². The van der Waals surface area contributed by atoms with E-state index in [0.29, 0.717) is 24.2 Å². The predicted octanol–water partition coefficient (Wildman–Crippen LogP) is 2.77. The normalized spacial score (nSPS) is 19.9. The lowest BCUT2D eigenvalue weighted by Gasteiger charge is -2.35. The van der Waals surface area contributed by atoms with Crippen molar-refractivity contribution in [3.05, 3.63) is 12.3 Å². The molecule has 0 atom stereocenters. The second-order valence-electron chi connectivity index (χ2n) is 7.47. The molecule has 1 aromatic heterocycles. The van der Waals surface area contributed by atoms with Gasteiger partial charge in [-0.1, -0.05) is 6.92 Å². The molecule has 3 rings (SSSR count). The maximum absolute atomic E-state index is 12.5. The van der Waals surface area contributed by atoms with Gasteiger partial charge in [0.2, 0.25) is 11.9 Å². The van der Waals surface area contributed by atoms with Crippen LogP contribution in [0.2, 0.25) is 0 Å². The summed E-state index contributed by atoms with van der Waals surface area (Å²) in [7, 11) is 0. The van der Waals surface area contributed by atoms with Crippen LogP contribution >= 0.6 is 0 Å². The van der Waals surface area contributed by atoms with Crippen LogP contribution in [0.25, 0.3) is 0 Å². The van der Waals surface area contributed by atoms with Crippen molar-refractivity contribution in [2.75, 3.05) is 42.9 Å². The van der Waals surface area contributed by atoms with Gasteiger partial charge in [-0.05, 0) is 50.5 Å². The maximum Gasteiger partial charge on any atom is 0.224 e. The summed E-state index contributed by atoms with van der Waals surface area (Å²) in [6, 6.07) is 1.97. The fourth-order valence-corrected chi connectivity index (χ4v) is 3.77. The summed E-state index contributed by atoms with van der Waals surface area (Å²) in [6.45, 7) is 8.99. The molecule has 25 heavy (non-hydrogen) atoms. The molecule has 1 N–H and O–H groups in total. The number of carbonyl (C=O) groups excluding carboxylic acids is 1. The minimum Gasteiger partial charge on any atom is -0.356 e. The average Bonchev–Trinajstić information content (AvgIpc) is 2.63. The quantitative estimate of drug-likeness (QED) is 0.889. The topological polar surface area (TPSA) is 61.4 Å². The Morgan fingerprint density at radius 2 is 1.92 bits per heavy atom. The van der Waals surface area contributed by atoms with Crippen LogP contribution in [0.1, 0.15) is 46.0 Å². The van der Waals surface area contributed by atoms with Gasteiger partial charge < -0.3 is 15.1 Å². The van der Waals surface area contributed by atoms with Crippen molar-refractivity contribution >= 4 is 17.7 Å². The predicted molar refractivity (Wildman–Crippen MR) is 101 cm³/mol. The Labute approximate surface area is 151 Å². The number of likely N-dealkylation sites (tertiary alicyclic amines) is 1. The summed E-state index contributed by atoms with van der Waals surface area (Å²) in [5.74, 6) is 3.32. The number of hydrogen-bond acceptors (Lipinski definition) is 5. The van der Waals surface area contributed by atoms with Gasteiger partial charge in [0.25, 0.3) is 0 Å². The third-order valence-electron chi connectivity index (χ3n) is 5.51. The molecular formula is C19H31N5O. The molecule has 2 fully saturated rings. The Morgan fingerprint density at radius 3 is 2.60 bits per heavy atom. The first-order valence-corrected chi connectivity index (χ1v) is 9.75. The summed E-state index contributed by atoms with van der Waals surface area (Å²) in [5.41, 5.74) is 0. The van der Waals surface area contributed by atoms with Crippen LogP contribution in [0.3, 0.4) is 0 Å². The van der Waals surface area contributed by atoms with E-state index < -0.39 is 0 Å². The molecule has 0 bridgehead atoms. The van der Waals surface area contributed by atoms with E-state index in [2.05, 4.69) is 32.0 Å². The number of piperidine rings is 2. The van der Waals surface area contributed by atoms with Gasteiger partial charge in [0, 0.05) is 45.3 Å². The zero-order valence-corrected chi connectivity index (χ0v) is 15.6. The first-order chi connectivity index (χ1) is 12.2. The fourth-order valence-electron chi connectivity index (χ4n) is 3.77. The first kappa shape index (κ1) is 18.0. The summed E-state index contributed by atoms with van der Waals surface area (Å²) in [6.07, 6.45) is 6.98. The van der Waals surface area contributed by atoms with Gasteiger partial charge in [-0.3, -0.25) is 4.79 Å². The smallest absolute Gasteiger partial charge is 0.224 e. The Hall–Kier alpha value is -1.85. The molecule has 2 saturated heterocycles. The number of anilines is 2. The fraction of sp³-hybridized carbons (Fsp3) is 0.737. The highest BCUT2D eigenvalue weighted by molar-refractivity contribution is 5.76. The number of carbonyl (C=O) groups is 1. The zero-order chi connectivity index (χ0) is 17.6. The highest BCUT2D eigenvalue weighted by Crippen LogP contribution is 2.26. The molecule has 0 saturated carbocycles. The number of nitrogens with zero attached hydrogens (tertiary/aromatic N) is 4. The van der Waals surface area contributed by atoms with E-state index in [-0.39, 0.29) is 0 Å². The van der Waals surface area contributed by atoms with E-state index in [1.54, 1.807) is 0 Å². The third-order valence-corrected chi connectivity index (χ3v) is 5.51. The number of amides is 1. The van der Waals surface area contributed by atoms with E-state index in [0.717, 1.165) is 70.1 Å². The summed E-state index contributed by atoms with van der Waals surface area (Å²) in [5, 5.41) is 3.16. The van der Waals surface area contributed by atoms with Crippen LogP contribution in [0, 0.1) is 11.8 Å². The molecule has 0 radical (unpaired) electrons. The van der Waals surface area contributed by atoms with E-state index in [9.17, 15) is 4.79 Å².